The van der Waals surface area contributed by atoms with Crippen LogP contribution in [0.25, 0.3) is 0 Å². The molecule has 0 aromatic heterocycles. The summed E-state index contributed by atoms with van der Waals surface area (Å²) >= 11 is 0. The highest BCUT2D eigenvalue weighted by Gasteiger charge is 2.21. The Kier molecular flexibility index (Phi) is 6.52. The number of methoxy groups -OCH3 is 1. The van der Waals surface area contributed by atoms with E-state index in [1.54, 1.807) is 7.11 Å². The molecule has 0 aliphatic carbocycles. The Labute approximate surface area is 129 Å². The zero-order valence-corrected chi connectivity index (χ0v) is 13.8. The number of nitrogens with zero attached hydrogens (tertiary/aromatic N) is 1. The standard InChI is InChI=1S/C18H30N2O/c1-15(2)19-14-17-6-4-5-12-20(17)13-11-16-7-9-18(21-3)10-8-16/h7-10,15,17,19H,4-6,11-14H2,1-3H3. The van der Waals surface area contributed by atoms with Crippen molar-refractivity contribution in [2.24, 2.45) is 0 Å². The van der Waals surface area contributed by atoms with Crippen LogP contribution in [-0.4, -0.2) is 43.7 Å². The lowest BCUT2D eigenvalue weighted by Gasteiger charge is -2.36. The van der Waals surface area contributed by atoms with E-state index in [0.717, 1.165) is 25.3 Å². The highest BCUT2D eigenvalue weighted by atomic mass is 16.5. The molecule has 1 aliphatic rings. The molecular formula is C18H30N2O. The van der Waals surface area contributed by atoms with Crippen LogP contribution in [-0.2, 0) is 6.42 Å². The predicted molar refractivity (Wildman–Crippen MR) is 89.0 cm³/mol. The number of rotatable bonds is 7. The molecule has 1 N–H and O–H groups in total. The summed E-state index contributed by atoms with van der Waals surface area (Å²) in [6, 6.07) is 9.77. The Morgan fingerprint density at radius 2 is 2.00 bits per heavy atom. The Balaban J connectivity index is 1.83. The molecule has 1 atom stereocenters. The minimum atomic E-state index is 0.579. The molecular weight excluding hydrogens is 260 g/mol. The summed E-state index contributed by atoms with van der Waals surface area (Å²) in [7, 11) is 1.72. The lowest BCUT2D eigenvalue weighted by molar-refractivity contribution is 0.145. The van der Waals surface area contributed by atoms with E-state index in [4.69, 9.17) is 4.74 Å². The van der Waals surface area contributed by atoms with E-state index >= 15 is 0 Å². The molecule has 0 saturated carbocycles. The summed E-state index contributed by atoms with van der Waals surface area (Å²) in [6.45, 7) is 7.99. The number of ether oxygens (including phenoxy) is 1. The van der Waals surface area contributed by atoms with Crippen molar-refractivity contribution in [2.45, 2.75) is 51.6 Å². The van der Waals surface area contributed by atoms with Gasteiger partial charge in [-0.2, -0.15) is 0 Å². The van der Waals surface area contributed by atoms with Crippen LogP contribution in [0.1, 0.15) is 38.7 Å². The summed E-state index contributed by atoms with van der Waals surface area (Å²) in [5.74, 6) is 0.940. The maximum absolute atomic E-state index is 5.22. The van der Waals surface area contributed by atoms with Crippen LogP contribution in [0.5, 0.6) is 5.75 Å². The second kappa shape index (κ2) is 8.40. The Morgan fingerprint density at radius 3 is 2.67 bits per heavy atom. The monoisotopic (exact) mass is 290 g/mol. The summed E-state index contributed by atoms with van der Waals surface area (Å²) in [5, 5.41) is 3.60. The van der Waals surface area contributed by atoms with Gasteiger partial charge in [0.25, 0.3) is 0 Å². The van der Waals surface area contributed by atoms with Crippen LogP contribution in [0, 0.1) is 0 Å². The maximum Gasteiger partial charge on any atom is 0.118 e. The van der Waals surface area contributed by atoms with E-state index in [0.29, 0.717) is 12.1 Å². The van der Waals surface area contributed by atoms with Gasteiger partial charge in [-0.3, -0.25) is 4.90 Å². The predicted octanol–water partition coefficient (Wildman–Crippen LogP) is 3.09. The lowest BCUT2D eigenvalue weighted by Crippen LogP contribution is -2.47. The van der Waals surface area contributed by atoms with Crippen molar-refractivity contribution in [3.8, 4) is 5.75 Å². The van der Waals surface area contributed by atoms with E-state index in [1.165, 1.54) is 31.4 Å². The van der Waals surface area contributed by atoms with Crippen molar-refractivity contribution in [2.75, 3.05) is 26.7 Å². The number of benzene rings is 1. The van der Waals surface area contributed by atoms with E-state index in [9.17, 15) is 0 Å². The smallest absolute Gasteiger partial charge is 0.118 e. The Hall–Kier alpha value is -1.06. The molecule has 1 aromatic rings. The number of hydrogen-bond acceptors (Lipinski definition) is 3. The van der Waals surface area contributed by atoms with Crippen LogP contribution in [0.15, 0.2) is 24.3 Å². The van der Waals surface area contributed by atoms with Gasteiger partial charge in [0.15, 0.2) is 0 Å². The van der Waals surface area contributed by atoms with E-state index in [2.05, 4.69) is 48.3 Å². The first kappa shape index (κ1) is 16.3. The van der Waals surface area contributed by atoms with Gasteiger partial charge in [0, 0.05) is 25.2 Å². The van der Waals surface area contributed by atoms with Gasteiger partial charge >= 0.3 is 0 Å². The van der Waals surface area contributed by atoms with Crippen molar-refractivity contribution in [1.82, 2.24) is 10.2 Å². The van der Waals surface area contributed by atoms with Crippen LogP contribution in [0.3, 0.4) is 0 Å². The molecule has 1 aromatic carbocycles. The molecule has 2 rings (SSSR count). The SMILES string of the molecule is COc1ccc(CCN2CCCCC2CNC(C)C)cc1. The van der Waals surface area contributed by atoms with Gasteiger partial charge in [-0.05, 0) is 43.5 Å². The van der Waals surface area contributed by atoms with Crippen molar-refractivity contribution >= 4 is 0 Å². The van der Waals surface area contributed by atoms with Crippen LogP contribution in [0.4, 0.5) is 0 Å². The molecule has 3 heteroatoms. The molecule has 1 saturated heterocycles. The molecule has 0 bridgehead atoms. The molecule has 21 heavy (non-hydrogen) atoms. The fourth-order valence-electron chi connectivity index (χ4n) is 3.02. The molecule has 1 fully saturated rings. The molecule has 3 nitrogen and oxygen atoms in total. The summed E-state index contributed by atoms with van der Waals surface area (Å²) in [5.41, 5.74) is 1.40. The first-order valence-electron chi connectivity index (χ1n) is 8.29. The highest BCUT2D eigenvalue weighted by molar-refractivity contribution is 5.27. The Morgan fingerprint density at radius 1 is 1.24 bits per heavy atom. The molecule has 0 spiro atoms. The second-order valence-corrected chi connectivity index (χ2v) is 6.35. The highest BCUT2D eigenvalue weighted by Crippen LogP contribution is 2.18. The van der Waals surface area contributed by atoms with Gasteiger partial charge in [-0.25, -0.2) is 0 Å². The quantitative estimate of drug-likeness (QED) is 0.835. The molecule has 1 aliphatic heterocycles. The lowest BCUT2D eigenvalue weighted by atomic mass is 10.0. The van der Waals surface area contributed by atoms with Crippen molar-refractivity contribution in [3.05, 3.63) is 29.8 Å². The summed E-state index contributed by atoms with van der Waals surface area (Å²) in [6.07, 6.45) is 5.19. The zero-order chi connectivity index (χ0) is 15.1. The number of likely N-dealkylation sites (tertiary alicyclic amines) is 1. The van der Waals surface area contributed by atoms with E-state index in [-0.39, 0.29) is 0 Å². The van der Waals surface area contributed by atoms with Crippen molar-refractivity contribution < 1.29 is 4.74 Å². The Bertz CT molecular complexity index is 402. The van der Waals surface area contributed by atoms with Gasteiger partial charge in [0.2, 0.25) is 0 Å². The molecule has 0 radical (unpaired) electrons. The summed E-state index contributed by atoms with van der Waals surface area (Å²) < 4.78 is 5.22. The number of hydrogen-bond donors (Lipinski definition) is 1. The number of piperidine rings is 1. The fraction of sp³-hybridized carbons (Fsp3) is 0.667. The van der Waals surface area contributed by atoms with Crippen molar-refractivity contribution in [3.63, 3.8) is 0 Å². The number of nitrogens with one attached hydrogen (secondary N) is 1. The van der Waals surface area contributed by atoms with Crippen LogP contribution < -0.4 is 10.1 Å². The minimum absolute atomic E-state index is 0.579. The zero-order valence-electron chi connectivity index (χ0n) is 13.8. The average molecular weight is 290 g/mol. The second-order valence-electron chi connectivity index (χ2n) is 6.35. The van der Waals surface area contributed by atoms with Gasteiger partial charge < -0.3 is 10.1 Å². The normalized spacial score (nSPS) is 19.9. The van der Waals surface area contributed by atoms with Gasteiger partial charge in [-0.15, -0.1) is 0 Å². The first-order chi connectivity index (χ1) is 10.2. The third-order valence-corrected chi connectivity index (χ3v) is 4.36. The molecule has 1 unspecified atom stereocenters. The van der Waals surface area contributed by atoms with Crippen molar-refractivity contribution in [1.29, 1.82) is 0 Å². The first-order valence-corrected chi connectivity index (χ1v) is 8.29. The summed E-state index contributed by atoms with van der Waals surface area (Å²) in [4.78, 5) is 2.67. The van der Waals surface area contributed by atoms with Gasteiger partial charge in [-0.1, -0.05) is 32.4 Å². The average Bonchev–Trinajstić information content (AvgIpc) is 2.52. The van der Waals surface area contributed by atoms with Crippen LogP contribution >= 0.6 is 0 Å². The molecule has 0 amide bonds. The van der Waals surface area contributed by atoms with Gasteiger partial charge in [0.05, 0.1) is 7.11 Å². The van der Waals surface area contributed by atoms with E-state index < -0.39 is 0 Å². The largest absolute Gasteiger partial charge is 0.497 e. The third kappa shape index (κ3) is 5.33. The van der Waals surface area contributed by atoms with Crippen LogP contribution in [0.2, 0.25) is 0 Å². The van der Waals surface area contributed by atoms with E-state index in [1.807, 2.05) is 0 Å². The molecule has 1 heterocycles. The maximum atomic E-state index is 5.22. The third-order valence-electron chi connectivity index (χ3n) is 4.36. The minimum Gasteiger partial charge on any atom is -0.497 e. The van der Waals surface area contributed by atoms with Gasteiger partial charge in [0.1, 0.15) is 5.75 Å². The fourth-order valence-corrected chi connectivity index (χ4v) is 3.02. The molecule has 118 valence electrons. The topological polar surface area (TPSA) is 24.5 Å².